The number of anilines is 1. The van der Waals surface area contributed by atoms with Gasteiger partial charge in [0.15, 0.2) is 0 Å². The van der Waals surface area contributed by atoms with Crippen molar-refractivity contribution < 1.29 is 9.90 Å². The fourth-order valence-electron chi connectivity index (χ4n) is 3.25. The van der Waals surface area contributed by atoms with Gasteiger partial charge in [-0.3, -0.25) is 4.79 Å². The van der Waals surface area contributed by atoms with Crippen molar-refractivity contribution in [2.24, 2.45) is 5.41 Å². The second kappa shape index (κ2) is 9.10. The number of benzene rings is 3. The Labute approximate surface area is 181 Å². The monoisotopic (exact) mass is 427 g/mol. The lowest BCUT2D eigenvalue weighted by Gasteiger charge is -2.25. The Morgan fingerprint density at radius 2 is 1.79 bits per heavy atom. The van der Waals surface area contributed by atoms with Crippen LogP contribution in [-0.2, 0) is 4.79 Å². The average Bonchev–Trinajstić information content (AvgIpc) is 2.66. The number of hydrogen-bond acceptors (Lipinski definition) is 3. The number of carbonyl (C=O) groups is 1. The predicted molar refractivity (Wildman–Crippen MR) is 125 cm³/mol. The third kappa shape index (κ3) is 5.68. The Morgan fingerprint density at radius 1 is 1.07 bits per heavy atom. The maximum absolute atomic E-state index is 11.4. The average molecular weight is 428 g/mol. The maximum Gasteiger partial charge on any atom is 0.313 e. The van der Waals surface area contributed by atoms with Gasteiger partial charge in [0, 0.05) is 17.3 Å². The number of rotatable bonds is 7. The van der Waals surface area contributed by atoms with Gasteiger partial charge in [0.25, 0.3) is 0 Å². The van der Waals surface area contributed by atoms with Gasteiger partial charge < -0.3 is 10.4 Å². The van der Waals surface area contributed by atoms with Crippen LogP contribution in [0.1, 0.15) is 37.1 Å². The molecule has 5 heteroatoms. The topological polar surface area (TPSA) is 49.3 Å². The molecule has 0 saturated carbocycles. The van der Waals surface area contributed by atoms with Gasteiger partial charge in [0.1, 0.15) is 0 Å². The lowest BCUT2D eigenvalue weighted by atomic mass is 9.95. The number of thioether (sulfide) groups is 1. The van der Waals surface area contributed by atoms with Gasteiger partial charge in [0.2, 0.25) is 0 Å². The minimum absolute atomic E-state index is 0.0130. The van der Waals surface area contributed by atoms with Crippen molar-refractivity contribution in [3.05, 3.63) is 76.8 Å². The molecule has 0 radical (unpaired) electrons. The summed E-state index contributed by atoms with van der Waals surface area (Å²) >= 11 is 7.77. The largest absolute Gasteiger partial charge is 0.481 e. The first-order valence-electron chi connectivity index (χ1n) is 9.59. The minimum Gasteiger partial charge on any atom is -0.481 e. The number of halogens is 1. The highest BCUT2D eigenvalue weighted by Gasteiger charge is 2.22. The molecular formula is C24H26ClNO2S. The molecule has 1 atom stereocenters. The van der Waals surface area contributed by atoms with Crippen LogP contribution in [0.15, 0.2) is 60.7 Å². The highest BCUT2D eigenvalue weighted by molar-refractivity contribution is 8.00. The summed E-state index contributed by atoms with van der Waals surface area (Å²) in [5.74, 6) is -0.814. The summed E-state index contributed by atoms with van der Waals surface area (Å²) in [7, 11) is 0. The van der Waals surface area contributed by atoms with E-state index in [1.165, 1.54) is 11.8 Å². The van der Waals surface area contributed by atoms with Gasteiger partial charge in [-0.15, -0.1) is 11.8 Å². The minimum atomic E-state index is -0.827. The molecule has 0 bridgehead atoms. The molecule has 0 aromatic heterocycles. The fourth-order valence-corrected chi connectivity index (χ4v) is 4.50. The standard InChI is InChI=1S/C24H26ClNO2S/c1-24(2,3)15-26-21-12-11-17(25)13-20(21)23(29-14-22(27)28)19-10-6-8-16-7-4-5-9-18(16)19/h4-13,23,26H,14-15H2,1-3H3,(H,27,28). The van der Waals surface area contributed by atoms with Gasteiger partial charge in [-0.1, -0.05) is 74.8 Å². The van der Waals surface area contributed by atoms with E-state index in [9.17, 15) is 9.90 Å². The second-order valence-electron chi connectivity index (χ2n) is 8.30. The molecule has 0 aliphatic heterocycles. The number of hydrogen-bond donors (Lipinski definition) is 2. The Hall–Kier alpha value is -2.17. The van der Waals surface area contributed by atoms with Crippen LogP contribution in [0.3, 0.4) is 0 Å². The lowest BCUT2D eigenvalue weighted by molar-refractivity contribution is -0.133. The molecule has 0 spiro atoms. The van der Waals surface area contributed by atoms with Crippen molar-refractivity contribution in [2.75, 3.05) is 17.6 Å². The number of fused-ring (bicyclic) bond motifs is 1. The molecule has 3 rings (SSSR count). The predicted octanol–water partition coefficient (Wildman–Crippen LogP) is 6.86. The van der Waals surface area contributed by atoms with Crippen molar-refractivity contribution >= 4 is 45.8 Å². The highest BCUT2D eigenvalue weighted by atomic mass is 35.5. The Bertz CT molecular complexity index is 1010. The first kappa shape index (κ1) is 21.5. The fraction of sp³-hybridized carbons (Fsp3) is 0.292. The van der Waals surface area contributed by atoms with Crippen molar-refractivity contribution in [1.82, 2.24) is 0 Å². The van der Waals surface area contributed by atoms with E-state index in [0.717, 1.165) is 34.1 Å². The van der Waals surface area contributed by atoms with Gasteiger partial charge in [-0.05, 0) is 45.5 Å². The zero-order valence-electron chi connectivity index (χ0n) is 16.9. The van der Waals surface area contributed by atoms with Crippen LogP contribution in [0.4, 0.5) is 5.69 Å². The summed E-state index contributed by atoms with van der Waals surface area (Å²) in [4.78, 5) is 11.4. The maximum atomic E-state index is 11.4. The third-order valence-corrected chi connectivity index (χ3v) is 6.07. The zero-order chi connectivity index (χ0) is 21.0. The van der Waals surface area contributed by atoms with E-state index in [2.05, 4.69) is 50.4 Å². The van der Waals surface area contributed by atoms with E-state index in [1.54, 1.807) is 0 Å². The van der Waals surface area contributed by atoms with E-state index >= 15 is 0 Å². The molecule has 152 valence electrons. The molecule has 0 amide bonds. The van der Waals surface area contributed by atoms with E-state index in [0.29, 0.717) is 5.02 Å². The van der Waals surface area contributed by atoms with Crippen LogP contribution in [0.5, 0.6) is 0 Å². The molecular weight excluding hydrogens is 402 g/mol. The summed E-state index contributed by atoms with van der Waals surface area (Å²) < 4.78 is 0. The van der Waals surface area contributed by atoms with Crippen LogP contribution < -0.4 is 5.32 Å². The van der Waals surface area contributed by atoms with Gasteiger partial charge in [0.05, 0.1) is 11.0 Å². The summed E-state index contributed by atoms with van der Waals surface area (Å²) in [6.45, 7) is 7.33. The van der Waals surface area contributed by atoms with E-state index in [-0.39, 0.29) is 16.4 Å². The number of carboxylic acids is 1. The van der Waals surface area contributed by atoms with Crippen molar-refractivity contribution in [1.29, 1.82) is 0 Å². The normalized spacial score (nSPS) is 12.7. The first-order chi connectivity index (χ1) is 13.7. The summed E-state index contributed by atoms with van der Waals surface area (Å²) in [6.07, 6.45) is 0. The van der Waals surface area contributed by atoms with Crippen LogP contribution in [-0.4, -0.2) is 23.4 Å². The van der Waals surface area contributed by atoms with Crippen LogP contribution in [0.25, 0.3) is 10.8 Å². The molecule has 1 unspecified atom stereocenters. The van der Waals surface area contributed by atoms with E-state index in [1.807, 2.05) is 36.4 Å². The first-order valence-corrected chi connectivity index (χ1v) is 11.0. The molecule has 0 heterocycles. The van der Waals surface area contributed by atoms with Crippen molar-refractivity contribution in [2.45, 2.75) is 26.0 Å². The molecule has 0 fully saturated rings. The molecule has 0 aliphatic carbocycles. The lowest BCUT2D eigenvalue weighted by Crippen LogP contribution is -2.20. The van der Waals surface area contributed by atoms with Crippen LogP contribution in [0.2, 0.25) is 5.02 Å². The number of nitrogens with one attached hydrogen (secondary N) is 1. The number of carboxylic acid groups (broad SMARTS) is 1. The Kier molecular flexibility index (Phi) is 6.76. The van der Waals surface area contributed by atoms with E-state index in [4.69, 9.17) is 11.6 Å². The number of aliphatic carboxylic acids is 1. The van der Waals surface area contributed by atoms with Crippen molar-refractivity contribution in [3.63, 3.8) is 0 Å². The summed E-state index contributed by atoms with van der Waals surface area (Å²) in [5.41, 5.74) is 3.19. The molecule has 0 aliphatic rings. The zero-order valence-corrected chi connectivity index (χ0v) is 18.5. The van der Waals surface area contributed by atoms with Gasteiger partial charge in [-0.2, -0.15) is 0 Å². The SMILES string of the molecule is CC(C)(C)CNc1ccc(Cl)cc1C(SCC(=O)O)c1cccc2ccccc12. The quantitative estimate of drug-likeness (QED) is 0.432. The highest BCUT2D eigenvalue weighted by Crippen LogP contribution is 2.43. The molecule has 3 aromatic carbocycles. The summed E-state index contributed by atoms with van der Waals surface area (Å²) in [6, 6.07) is 20.2. The molecule has 0 saturated heterocycles. The molecule has 2 N–H and O–H groups in total. The van der Waals surface area contributed by atoms with Gasteiger partial charge in [-0.25, -0.2) is 0 Å². The summed E-state index contributed by atoms with van der Waals surface area (Å²) in [5, 5.41) is 15.6. The molecule has 29 heavy (non-hydrogen) atoms. The van der Waals surface area contributed by atoms with Gasteiger partial charge >= 0.3 is 5.97 Å². The van der Waals surface area contributed by atoms with Crippen molar-refractivity contribution in [3.8, 4) is 0 Å². The Morgan fingerprint density at radius 3 is 2.52 bits per heavy atom. The molecule has 3 aromatic rings. The molecule has 3 nitrogen and oxygen atoms in total. The smallest absolute Gasteiger partial charge is 0.313 e. The third-order valence-electron chi connectivity index (χ3n) is 4.58. The van der Waals surface area contributed by atoms with E-state index < -0.39 is 5.97 Å². The Balaban J connectivity index is 2.12. The van der Waals surface area contributed by atoms with Crippen LogP contribution >= 0.6 is 23.4 Å². The second-order valence-corrected chi connectivity index (χ2v) is 9.83. The van der Waals surface area contributed by atoms with Crippen LogP contribution in [0, 0.1) is 5.41 Å².